The molecule has 198 valence electrons. The number of ether oxygens (including phenoxy) is 1. The van der Waals surface area contributed by atoms with Gasteiger partial charge in [-0.2, -0.15) is 0 Å². The van der Waals surface area contributed by atoms with Gasteiger partial charge in [0.2, 0.25) is 0 Å². The van der Waals surface area contributed by atoms with E-state index in [1.807, 2.05) is 91.0 Å². The van der Waals surface area contributed by atoms with E-state index in [9.17, 15) is 4.39 Å². The molecule has 0 atom stereocenters. The molecule has 1 saturated carbocycles. The van der Waals surface area contributed by atoms with Gasteiger partial charge in [-0.3, -0.25) is 4.98 Å². The molecule has 1 aromatic heterocycles. The fourth-order valence-corrected chi connectivity index (χ4v) is 8.65. The second-order valence-corrected chi connectivity index (χ2v) is 13.5. The Morgan fingerprint density at radius 2 is 1.43 bits per heavy atom. The van der Waals surface area contributed by atoms with Gasteiger partial charge in [-0.1, -0.05) is 84.9 Å². The third-order valence-electron chi connectivity index (χ3n) is 8.01. The molecule has 5 heteroatoms. The monoisotopic (exact) mass is 545 g/mol. The lowest BCUT2D eigenvalue weighted by atomic mass is 9.89. The number of nitrogens with zero attached hydrogens (tertiary/aromatic N) is 1. The van der Waals surface area contributed by atoms with Crippen LogP contribution in [0.25, 0.3) is 22.4 Å². The van der Waals surface area contributed by atoms with Crippen molar-refractivity contribution in [1.29, 1.82) is 0 Å². The van der Waals surface area contributed by atoms with Gasteiger partial charge >= 0.3 is 0 Å². The Morgan fingerprint density at radius 3 is 2.08 bits per heavy atom. The second kappa shape index (κ2) is 10.2. The third kappa shape index (κ3) is 4.47. The predicted molar refractivity (Wildman–Crippen MR) is 160 cm³/mol. The molecule has 0 spiro atoms. The molecule has 0 N–H and O–H groups in total. The van der Waals surface area contributed by atoms with Crippen LogP contribution in [0.5, 0.6) is 5.75 Å². The second-order valence-electron chi connectivity index (χ2n) is 10.6. The van der Waals surface area contributed by atoms with Crippen LogP contribution in [0.3, 0.4) is 0 Å². The number of halogens is 1. The molecule has 0 bridgehead atoms. The van der Waals surface area contributed by atoms with E-state index >= 15 is 4.57 Å². The third-order valence-corrected chi connectivity index (χ3v) is 11.0. The summed E-state index contributed by atoms with van der Waals surface area (Å²) in [6, 6.07) is 34.4. The summed E-state index contributed by atoms with van der Waals surface area (Å²) in [5.41, 5.74) is 6.95. The molecular weight excluding hydrogens is 516 g/mol. The highest BCUT2D eigenvalue weighted by atomic mass is 31.2. The van der Waals surface area contributed by atoms with Crippen LogP contribution in [0.1, 0.15) is 35.6 Å². The van der Waals surface area contributed by atoms with Gasteiger partial charge in [0.1, 0.15) is 18.7 Å². The van der Waals surface area contributed by atoms with Gasteiger partial charge in [0.25, 0.3) is 0 Å². The Bertz CT molecular complexity index is 1690. The van der Waals surface area contributed by atoms with Gasteiger partial charge in [0.05, 0.1) is 12.3 Å². The van der Waals surface area contributed by atoms with Crippen molar-refractivity contribution in [3.05, 3.63) is 132 Å². The van der Waals surface area contributed by atoms with E-state index in [0.717, 1.165) is 68.4 Å². The summed E-state index contributed by atoms with van der Waals surface area (Å²) < 4.78 is 35.7. The van der Waals surface area contributed by atoms with E-state index in [0.29, 0.717) is 25.1 Å². The Hall–Kier alpha value is -4.01. The molecule has 0 saturated heterocycles. The molecule has 2 aliphatic rings. The van der Waals surface area contributed by atoms with Gasteiger partial charge < -0.3 is 9.30 Å². The molecule has 40 heavy (non-hydrogen) atoms. The van der Waals surface area contributed by atoms with E-state index in [1.54, 1.807) is 0 Å². The number of fused-ring (bicyclic) bond motifs is 3. The molecule has 0 radical (unpaired) electrons. The van der Waals surface area contributed by atoms with Crippen molar-refractivity contribution in [3.8, 4) is 28.1 Å². The van der Waals surface area contributed by atoms with Crippen LogP contribution in [0, 0.1) is 5.82 Å². The maximum Gasteiger partial charge on any atom is 0.147 e. The van der Waals surface area contributed by atoms with Crippen molar-refractivity contribution in [2.45, 2.75) is 31.3 Å². The molecular formula is C35H29FNO2P. The van der Waals surface area contributed by atoms with E-state index in [-0.39, 0.29) is 5.82 Å². The van der Waals surface area contributed by atoms with Crippen LogP contribution in [0.2, 0.25) is 0 Å². The van der Waals surface area contributed by atoms with E-state index in [2.05, 4.69) is 6.07 Å². The maximum absolute atomic E-state index is 15.3. The maximum atomic E-state index is 15.3. The highest BCUT2D eigenvalue weighted by Gasteiger charge is 2.37. The van der Waals surface area contributed by atoms with Crippen LogP contribution < -0.4 is 15.3 Å². The average molecular weight is 546 g/mol. The Labute approximate surface area is 234 Å². The van der Waals surface area contributed by atoms with Crippen molar-refractivity contribution < 1.29 is 13.7 Å². The van der Waals surface area contributed by atoms with Gasteiger partial charge in [0, 0.05) is 40.4 Å². The first kappa shape index (κ1) is 25.0. The lowest BCUT2D eigenvalue weighted by molar-refractivity contribution is 0.326. The largest absolute Gasteiger partial charge is 0.493 e. The molecule has 7 rings (SSSR count). The summed E-state index contributed by atoms with van der Waals surface area (Å²) >= 11 is 0. The SMILES string of the molecule is O=P(Cc1c(C2CC2)nc2c(c1-c1ccc(F)cc1)CCOc1ccccc1-2)(c1ccccc1)c1ccccc1. The topological polar surface area (TPSA) is 39.2 Å². The number of hydrogen-bond acceptors (Lipinski definition) is 3. The normalized spacial score (nSPS) is 14.5. The lowest BCUT2D eigenvalue weighted by Gasteiger charge is -2.26. The summed E-state index contributed by atoms with van der Waals surface area (Å²) in [5, 5.41) is 1.66. The van der Waals surface area contributed by atoms with Gasteiger partial charge in [-0.05, 0) is 59.4 Å². The average Bonchev–Trinajstić information content (AvgIpc) is 3.86. The molecule has 2 heterocycles. The summed E-state index contributed by atoms with van der Waals surface area (Å²) in [4.78, 5) is 5.38. The summed E-state index contributed by atoms with van der Waals surface area (Å²) in [7, 11) is -3.10. The number of benzene rings is 4. The number of pyridine rings is 1. The van der Waals surface area contributed by atoms with Crippen LogP contribution in [-0.4, -0.2) is 11.6 Å². The Balaban J connectivity index is 1.53. The Morgan fingerprint density at radius 1 is 0.800 bits per heavy atom. The highest BCUT2D eigenvalue weighted by Crippen LogP contribution is 2.54. The van der Waals surface area contributed by atoms with Crippen LogP contribution in [0.15, 0.2) is 109 Å². The summed E-state index contributed by atoms with van der Waals surface area (Å²) in [6.07, 6.45) is 3.12. The zero-order valence-corrected chi connectivity index (χ0v) is 23.0. The van der Waals surface area contributed by atoms with Crippen molar-refractivity contribution >= 4 is 17.8 Å². The molecule has 5 aromatic rings. The van der Waals surface area contributed by atoms with Crippen molar-refractivity contribution in [2.24, 2.45) is 0 Å². The van der Waals surface area contributed by atoms with Crippen LogP contribution in [0.4, 0.5) is 4.39 Å². The lowest BCUT2D eigenvalue weighted by Crippen LogP contribution is -2.19. The molecule has 3 nitrogen and oxygen atoms in total. The smallest absolute Gasteiger partial charge is 0.147 e. The number of aromatic nitrogens is 1. The molecule has 1 aliphatic carbocycles. The quantitative estimate of drug-likeness (QED) is 0.204. The standard InChI is InChI=1S/C35H29FNO2P/c36-26-19-17-24(18-20-26)33-30-21-22-39-32-14-8-7-13-29(32)35(30)37-34(25-15-16-25)31(33)23-40(38,27-9-3-1-4-10-27)28-11-5-2-6-12-28/h1-14,17-20,25H,15-16,21-23H2. The van der Waals surface area contributed by atoms with Crippen LogP contribution in [-0.2, 0) is 17.1 Å². The zero-order valence-electron chi connectivity index (χ0n) is 22.1. The summed E-state index contributed by atoms with van der Waals surface area (Å²) in [5.74, 6) is 0.865. The van der Waals surface area contributed by atoms with Crippen molar-refractivity contribution in [1.82, 2.24) is 4.98 Å². The first-order valence-electron chi connectivity index (χ1n) is 13.9. The van der Waals surface area contributed by atoms with Gasteiger partial charge in [-0.15, -0.1) is 0 Å². The predicted octanol–water partition coefficient (Wildman–Crippen LogP) is 7.88. The fourth-order valence-electron chi connectivity index (χ4n) is 5.91. The number of rotatable bonds is 6. The highest BCUT2D eigenvalue weighted by molar-refractivity contribution is 7.78. The fraction of sp³-hybridized carbons (Fsp3) is 0.171. The molecule has 4 aromatic carbocycles. The van der Waals surface area contributed by atoms with Crippen molar-refractivity contribution in [3.63, 3.8) is 0 Å². The minimum atomic E-state index is -3.10. The Kier molecular flexibility index (Phi) is 6.37. The van der Waals surface area contributed by atoms with Crippen molar-refractivity contribution in [2.75, 3.05) is 6.61 Å². The minimum Gasteiger partial charge on any atom is -0.493 e. The minimum absolute atomic E-state index is 0.277. The molecule has 1 fully saturated rings. The first-order valence-corrected chi connectivity index (χ1v) is 15.7. The zero-order chi connectivity index (χ0) is 27.1. The first-order chi connectivity index (χ1) is 19.6. The molecule has 0 unspecified atom stereocenters. The van der Waals surface area contributed by atoms with E-state index in [4.69, 9.17) is 9.72 Å². The van der Waals surface area contributed by atoms with Gasteiger partial charge in [-0.25, -0.2) is 4.39 Å². The van der Waals surface area contributed by atoms with Crippen LogP contribution >= 0.6 is 7.14 Å². The van der Waals surface area contributed by atoms with E-state index in [1.165, 1.54) is 12.1 Å². The number of para-hydroxylation sites is 1. The van der Waals surface area contributed by atoms with E-state index < -0.39 is 7.14 Å². The molecule has 1 aliphatic heterocycles. The van der Waals surface area contributed by atoms with Gasteiger partial charge in [0.15, 0.2) is 0 Å². The summed E-state index contributed by atoms with van der Waals surface area (Å²) in [6.45, 7) is 0.511. The molecule has 0 amide bonds. The number of hydrogen-bond donors (Lipinski definition) is 0.